The Bertz CT molecular complexity index is 1240. The van der Waals surface area contributed by atoms with Gasteiger partial charge in [0, 0.05) is 38.9 Å². The van der Waals surface area contributed by atoms with Gasteiger partial charge in [-0.3, -0.25) is 0 Å². The summed E-state index contributed by atoms with van der Waals surface area (Å²) in [5.74, 6) is 1.87. The quantitative estimate of drug-likeness (QED) is 0.532. The number of rotatable bonds is 5. The third kappa shape index (κ3) is 5.85. The molecule has 1 aliphatic carbocycles. The van der Waals surface area contributed by atoms with Crippen molar-refractivity contribution < 1.29 is 4.79 Å². The Morgan fingerprint density at radius 2 is 1.63 bits per heavy atom. The van der Waals surface area contributed by atoms with Crippen LogP contribution in [-0.2, 0) is 0 Å². The zero-order valence-corrected chi connectivity index (χ0v) is 24.6. The lowest BCUT2D eigenvalue weighted by atomic mass is 9.88. The highest BCUT2D eigenvalue weighted by atomic mass is 16.2. The van der Waals surface area contributed by atoms with Crippen LogP contribution < -0.4 is 10.2 Å². The first-order chi connectivity index (χ1) is 20.0. The van der Waals surface area contributed by atoms with Crippen LogP contribution in [-0.4, -0.2) is 89.1 Å². The molecule has 4 aliphatic rings. The Morgan fingerprint density at radius 1 is 0.927 bits per heavy atom. The molecule has 218 valence electrons. The number of nitrogens with one attached hydrogen (secondary N) is 1. The molecule has 0 spiro atoms. The van der Waals surface area contributed by atoms with Crippen molar-refractivity contribution in [1.29, 1.82) is 5.26 Å². The molecule has 4 fully saturated rings. The van der Waals surface area contributed by atoms with Gasteiger partial charge < -0.3 is 24.9 Å². The SMILES string of the molecule is CN(C)C(=O)N1CCC[C@@H]2[C@H]1CCCN2c1cnc(C#N)c(Nc2ccc(C3CCN(C4CCCC4)CC3)cc2)n1. The molecule has 1 aromatic heterocycles. The van der Waals surface area contributed by atoms with Crippen LogP contribution in [0.5, 0.6) is 0 Å². The van der Waals surface area contributed by atoms with Crippen molar-refractivity contribution in [2.24, 2.45) is 0 Å². The van der Waals surface area contributed by atoms with Crippen molar-refractivity contribution in [3.8, 4) is 6.07 Å². The number of likely N-dealkylation sites (tertiary alicyclic amines) is 2. The standard InChI is InChI=1S/C32H44N8O/c1-37(2)32(41)40-18-6-9-28-29(40)10-5-17-39(28)30-22-34-27(21-33)31(36-30)35-25-13-11-23(12-14-25)24-15-19-38(20-16-24)26-7-3-4-8-26/h11-14,22,24,26,28-29H,3-10,15-20H2,1-2H3,(H,35,36)/t28-,29-/m1/s1. The molecular weight excluding hydrogens is 512 g/mol. The number of carbonyl (C=O) groups excluding carboxylic acids is 1. The fraction of sp³-hybridized carbons (Fsp3) is 0.625. The summed E-state index contributed by atoms with van der Waals surface area (Å²) >= 11 is 0. The minimum Gasteiger partial charge on any atom is -0.350 e. The van der Waals surface area contributed by atoms with Crippen LogP contribution in [0, 0.1) is 11.3 Å². The minimum atomic E-state index is 0.0811. The van der Waals surface area contributed by atoms with E-state index in [0.717, 1.165) is 56.3 Å². The third-order valence-corrected chi connectivity index (χ3v) is 9.85. The van der Waals surface area contributed by atoms with E-state index in [0.29, 0.717) is 17.4 Å². The summed E-state index contributed by atoms with van der Waals surface area (Å²) < 4.78 is 0. The Balaban J connectivity index is 1.14. The minimum absolute atomic E-state index is 0.0811. The van der Waals surface area contributed by atoms with Gasteiger partial charge in [-0.1, -0.05) is 25.0 Å². The fourth-order valence-electron chi connectivity index (χ4n) is 7.69. The van der Waals surface area contributed by atoms with Crippen molar-refractivity contribution in [3.63, 3.8) is 0 Å². The van der Waals surface area contributed by atoms with E-state index in [1.54, 1.807) is 11.1 Å². The molecule has 3 saturated heterocycles. The number of carbonyl (C=O) groups is 1. The molecule has 2 amide bonds. The number of nitriles is 1. The van der Waals surface area contributed by atoms with E-state index in [1.165, 1.54) is 57.2 Å². The molecule has 6 rings (SSSR count). The lowest BCUT2D eigenvalue weighted by Crippen LogP contribution is -2.61. The van der Waals surface area contributed by atoms with Crippen molar-refractivity contribution >= 4 is 23.4 Å². The van der Waals surface area contributed by atoms with Crippen LogP contribution in [0.1, 0.15) is 81.4 Å². The van der Waals surface area contributed by atoms with Gasteiger partial charge in [0.1, 0.15) is 11.9 Å². The highest BCUT2D eigenvalue weighted by Crippen LogP contribution is 2.35. The number of anilines is 3. The van der Waals surface area contributed by atoms with Gasteiger partial charge in [0.05, 0.1) is 18.3 Å². The summed E-state index contributed by atoms with van der Waals surface area (Å²) in [6, 6.07) is 12.2. The van der Waals surface area contributed by atoms with Crippen LogP contribution in [0.25, 0.3) is 0 Å². The molecule has 3 aliphatic heterocycles. The molecule has 0 radical (unpaired) electrons. The van der Waals surface area contributed by atoms with E-state index >= 15 is 0 Å². The van der Waals surface area contributed by atoms with Crippen molar-refractivity contribution in [3.05, 3.63) is 41.7 Å². The Morgan fingerprint density at radius 3 is 2.34 bits per heavy atom. The largest absolute Gasteiger partial charge is 0.350 e. The van der Waals surface area contributed by atoms with Crippen molar-refractivity contribution in [2.45, 2.75) is 88.3 Å². The molecule has 1 saturated carbocycles. The fourth-order valence-corrected chi connectivity index (χ4v) is 7.69. The maximum absolute atomic E-state index is 12.9. The zero-order chi connectivity index (χ0) is 28.3. The van der Waals surface area contributed by atoms with E-state index in [2.05, 4.69) is 50.4 Å². The molecule has 1 aromatic carbocycles. The molecular formula is C32H44N8O. The molecule has 2 aromatic rings. The van der Waals surface area contributed by atoms with Crippen molar-refractivity contribution in [2.75, 3.05) is 50.5 Å². The molecule has 0 bridgehead atoms. The number of hydrogen-bond donors (Lipinski definition) is 1. The Hall–Kier alpha value is -3.38. The molecule has 9 nitrogen and oxygen atoms in total. The summed E-state index contributed by atoms with van der Waals surface area (Å²) in [5, 5.41) is 13.2. The summed E-state index contributed by atoms with van der Waals surface area (Å²) in [6.07, 6.45) is 13.7. The van der Waals surface area contributed by atoms with Crippen LogP contribution >= 0.6 is 0 Å². The molecule has 1 N–H and O–H groups in total. The van der Waals surface area contributed by atoms with Gasteiger partial charge in [-0.15, -0.1) is 0 Å². The lowest BCUT2D eigenvalue weighted by molar-refractivity contribution is 0.102. The van der Waals surface area contributed by atoms with Gasteiger partial charge in [0.2, 0.25) is 0 Å². The second-order valence-electron chi connectivity index (χ2n) is 12.5. The highest BCUT2D eigenvalue weighted by Gasteiger charge is 2.41. The van der Waals surface area contributed by atoms with Gasteiger partial charge in [-0.05, 0) is 88.1 Å². The molecule has 9 heteroatoms. The van der Waals surface area contributed by atoms with E-state index in [9.17, 15) is 10.1 Å². The number of hydrogen-bond acceptors (Lipinski definition) is 7. The van der Waals surface area contributed by atoms with Crippen LogP contribution in [0.15, 0.2) is 30.5 Å². The predicted octanol–water partition coefficient (Wildman–Crippen LogP) is 5.33. The second kappa shape index (κ2) is 12.2. The number of nitrogens with zero attached hydrogens (tertiary/aromatic N) is 7. The molecule has 2 atom stereocenters. The normalized spacial score (nSPS) is 24.1. The first kappa shape index (κ1) is 27.8. The average Bonchev–Trinajstić information content (AvgIpc) is 3.56. The van der Waals surface area contributed by atoms with E-state index in [-0.39, 0.29) is 18.1 Å². The van der Waals surface area contributed by atoms with E-state index < -0.39 is 0 Å². The van der Waals surface area contributed by atoms with Crippen LogP contribution in [0.2, 0.25) is 0 Å². The van der Waals surface area contributed by atoms with Gasteiger partial charge in [0.15, 0.2) is 11.5 Å². The molecule has 4 heterocycles. The second-order valence-corrected chi connectivity index (χ2v) is 12.5. The third-order valence-electron chi connectivity index (χ3n) is 9.85. The summed E-state index contributed by atoms with van der Waals surface area (Å²) in [7, 11) is 3.64. The highest BCUT2D eigenvalue weighted by molar-refractivity contribution is 5.74. The predicted molar refractivity (Wildman–Crippen MR) is 161 cm³/mol. The molecule has 41 heavy (non-hydrogen) atoms. The summed E-state index contributed by atoms with van der Waals surface area (Å²) in [5.41, 5.74) is 2.60. The number of piperidine rings is 3. The van der Waals surface area contributed by atoms with Gasteiger partial charge in [-0.2, -0.15) is 5.26 Å². The number of amides is 2. The van der Waals surface area contributed by atoms with Gasteiger partial charge in [-0.25, -0.2) is 14.8 Å². The van der Waals surface area contributed by atoms with Gasteiger partial charge in [0.25, 0.3) is 0 Å². The smallest absolute Gasteiger partial charge is 0.319 e. The Labute approximate surface area is 244 Å². The lowest BCUT2D eigenvalue weighted by Gasteiger charge is -2.50. The number of aromatic nitrogens is 2. The monoisotopic (exact) mass is 556 g/mol. The topological polar surface area (TPSA) is 91.6 Å². The first-order valence-electron chi connectivity index (χ1n) is 15.6. The van der Waals surface area contributed by atoms with E-state index in [1.807, 2.05) is 19.0 Å². The summed E-state index contributed by atoms with van der Waals surface area (Å²) in [4.78, 5) is 31.1. The van der Waals surface area contributed by atoms with Gasteiger partial charge >= 0.3 is 6.03 Å². The maximum atomic E-state index is 12.9. The summed E-state index contributed by atoms with van der Waals surface area (Å²) in [6.45, 7) is 4.10. The Kier molecular flexibility index (Phi) is 8.29. The van der Waals surface area contributed by atoms with Crippen LogP contribution in [0.3, 0.4) is 0 Å². The number of urea groups is 1. The zero-order valence-electron chi connectivity index (χ0n) is 24.6. The molecule has 0 unspecified atom stereocenters. The average molecular weight is 557 g/mol. The van der Waals surface area contributed by atoms with E-state index in [4.69, 9.17) is 4.98 Å². The maximum Gasteiger partial charge on any atom is 0.319 e. The number of fused-ring (bicyclic) bond motifs is 1. The van der Waals surface area contributed by atoms with Crippen molar-refractivity contribution in [1.82, 2.24) is 24.7 Å². The first-order valence-corrected chi connectivity index (χ1v) is 15.6. The van der Waals surface area contributed by atoms with Crippen LogP contribution in [0.4, 0.5) is 22.1 Å². The number of benzene rings is 1.